The second-order valence-electron chi connectivity index (χ2n) is 7.58. The third kappa shape index (κ3) is 4.30. The van der Waals surface area contributed by atoms with Crippen molar-refractivity contribution in [2.45, 2.75) is 43.7 Å². The number of carbonyl (C=O) groups is 1. The summed E-state index contributed by atoms with van der Waals surface area (Å²) < 4.78 is 27.8. The highest BCUT2D eigenvalue weighted by Crippen LogP contribution is 2.23. The number of H-pyrrole nitrogens is 1. The molecule has 11 heteroatoms. The van der Waals surface area contributed by atoms with Gasteiger partial charge in [-0.15, -0.1) is 11.3 Å². The van der Waals surface area contributed by atoms with Gasteiger partial charge in [0.25, 0.3) is 15.6 Å². The van der Waals surface area contributed by atoms with E-state index in [-0.39, 0.29) is 28.7 Å². The molecule has 3 aromatic rings. The van der Waals surface area contributed by atoms with Crippen LogP contribution >= 0.6 is 11.3 Å². The number of unbranched alkanes of at least 4 members (excludes halogenated alkanes) is 1. The summed E-state index contributed by atoms with van der Waals surface area (Å²) in [5, 5.41) is 1.79. The Bertz CT molecular complexity index is 1360. The molecule has 2 N–H and O–H groups in total. The molecule has 0 unspecified atom stereocenters. The molecule has 0 aliphatic carbocycles. The number of amidine groups is 1. The molecule has 0 bridgehead atoms. The van der Waals surface area contributed by atoms with Crippen LogP contribution in [0.25, 0.3) is 10.2 Å². The van der Waals surface area contributed by atoms with E-state index in [1.54, 1.807) is 36.7 Å². The summed E-state index contributed by atoms with van der Waals surface area (Å²) >= 11 is 1.31. The van der Waals surface area contributed by atoms with Crippen molar-refractivity contribution >= 4 is 43.3 Å². The van der Waals surface area contributed by atoms with Crippen LogP contribution in [0.5, 0.6) is 0 Å². The van der Waals surface area contributed by atoms with E-state index in [1.165, 1.54) is 22.3 Å². The number of aliphatic imine (C=N–C) groups is 1. The molecule has 0 radical (unpaired) electrons. The fourth-order valence-corrected chi connectivity index (χ4v) is 5.54. The number of amides is 1. The molecule has 1 atom stereocenters. The molecule has 0 spiro atoms. The topological polar surface area (TPSA) is 125 Å². The molecule has 9 nitrogen and oxygen atoms in total. The molecule has 1 aliphatic rings. The summed E-state index contributed by atoms with van der Waals surface area (Å²) in [6.07, 6.45) is 2.09. The van der Waals surface area contributed by atoms with Crippen LogP contribution in [-0.4, -0.2) is 48.1 Å². The first-order valence-corrected chi connectivity index (χ1v) is 12.6. The second-order valence-corrected chi connectivity index (χ2v) is 10.1. The molecule has 0 saturated heterocycles. The first kappa shape index (κ1) is 22.2. The van der Waals surface area contributed by atoms with Crippen molar-refractivity contribution < 1.29 is 13.2 Å². The first-order valence-electron chi connectivity index (χ1n) is 10.2. The van der Waals surface area contributed by atoms with Crippen molar-refractivity contribution in [2.24, 2.45) is 4.99 Å². The molecule has 1 aromatic carbocycles. The maximum atomic E-state index is 13.2. The Hall–Kier alpha value is -3.05. The van der Waals surface area contributed by atoms with Gasteiger partial charge in [-0.25, -0.2) is 13.4 Å². The lowest BCUT2D eigenvalue weighted by atomic mass is 10.1. The number of thiophene rings is 1. The van der Waals surface area contributed by atoms with Gasteiger partial charge in [-0.2, -0.15) is 0 Å². The molecule has 0 fully saturated rings. The zero-order chi connectivity index (χ0) is 22.9. The highest BCUT2D eigenvalue weighted by molar-refractivity contribution is 7.90. The van der Waals surface area contributed by atoms with Crippen molar-refractivity contribution in [3.63, 3.8) is 0 Å². The number of hydrogen-bond acceptors (Lipinski definition) is 7. The van der Waals surface area contributed by atoms with Gasteiger partial charge in [-0.1, -0.05) is 31.9 Å². The van der Waals surface area contributed by atoms with Gasteiger partial charge < -0.3 is 9.88 Å². The van der Waals surface area contributed by atoms with Crippen molar-refractivity contribution in [3.8, 4) is 0 Å². The number of aromatic nitrogens is 2. The minimum absolute atomic E-state index is 0.107. The summed E-state index contributed by atoms with van der Waals surface area (Å²) in [6, 6.07) is 7.56. The Morgan fingerprint density at radius 2 is 2.06 bits per heavy atom. The standard InChI is InChI=1S/C21H23N5O4S2/c1-3-4-8-15(23-19-13-7-5-6-9-16(13)32(29,30)25-19)21(28)26(2)12-17-22-14-10-11-31-18(14)20(27)24-17/h5-7,9-11,15H,3-4,8,12H2,1-2H3,(H,23,25)(H,22,24,27)/t15-/m1/s1. The summed E-state index contributed by atoms with van der Waals surface area (Å²) in [4.78, 5) is 38.7. The second kappa shape index (κ2) is 8.83. The van der Waals surface area contributed by atoms with Crippen LogP contribution in [0.15, 0.2) is 50.4 Å². The van der Waals surface area contributed by atoms with E-state index in [4.69, 9.17) is 0 Å². The lowest BCUT2D eigenvalue weighted by Gasteiger charge is -2.21. The lowest BCUT2D eigenvalue weighted by molar-refractivity contribution is -0.132. The molecule has 168 valence electrons. The largest absolute Gasteiger partial charge is 0.336 e. The monoisotopic (exact) mass is 473 g/mol. The van der Waals surface area contributed by atoms with E-state index in [1.807, 2.05) is 6.92 Å². The molecule has 2 aromatic heterocycles. The quantitative estimate of drug-likeness (QED) is 0.545. The maximum absolute atomic E-state index is 13.2. The molecular weight excluding hydrogens is 450 g/mol. The average Bonchev–Trinajstić information content (AvgIpc) is 3.33. The smallest absolute Gasteiger partial charge is 0.268 e. The van der Waals surface area contributed by atoms with E-state index in [0.29, 0.717) is 28.0 Å². The summed E-state index contributed by atoms with van der Waals surface area (Å²) in [5.41, 5.74) is 0.813. The molecule has 1 amide bonds. The highest BCUT2D eigenvalue weighted by Gasteiger charge is 2.32. The van der Waals surface area contributed by atoms with E-state index < -0.39 is 16.1 Å². The zero-order valence-electron chi connectivity index (χ0n) is 17.7. The number of rotatable bonds is 7. The number of carbonyl (C=O) groups excluding carboxylic acids is 1. The molecule has 1 aliphatic heterocycles. The molecular formula is C21H23N5O4S2. The Kier molecular flexibility index (Phi) is 6.11. The van der Waals surface area contributed by atoms with Crippen LogP contribution in [0.4, 0.5) is 0 Å². The van der Waals surface area contributed by atoms with Crippen LogP contribution in [0.3, 0.4) is 0 Å². The summed E-state index contributed by atoms with van der Waals surface area (Å²) in [5.74, 6) is 0.280. The third-order valence-electron chi connectivity index (χ3n) is 5.19. The van der Waals surface area contributed by atoms with Gasteiger partial charge in [0.1, 0.15) is 22.4 Å². The van der Waals surface area contributed by atoms with Crippen molar-refractivity contribution in [2.75, 3.05) is 7.05 Å². The minimum atomic E-state index is -3.69. The average molecular weight is 474 g/mol. The summed E-state index contributed by atoms with van der Waals surface area (Å²) in [7, 11) is -2.07. The predicted molar refractivity (Wildman–Crippen MR) is 123 cm³/mol. The van der Waals surface area contributed by atoms with Crippen LogP contribution in [0.2, 0.25) is 0 Å². The van der Waals surface area contributed by atoms with Crippen molar-refractivity contribution in [1.29, 1.82) is 0 Å². The Morgan fingerprint density at radius 1 is 1.28 bits per heavy atom. The lowest BCUT2D eigenvalue weighted by Crippen LogP contribution is -2.37. The minimum Gasteiger partial charge on any atom is -0.336 e. The van der Waals surface area contributed by atoms with Gasteiger partial charge in [0.2, 0.25) is 5.91 Å². The van der Waals surface area contributed by atoms with E-state index in [2.05, 4.69) is 19.7 Å². The number of fused-ring (bicyclic) bond motifs is 2. The molecule has 0 saturated carbocycles. The first-order chi connectivity index (χ1) is 15.3. The fraction of sp³-hybridized carbons (Fsp3) is 0.333. The maximum Gasteiger partial charge on any atom is 0.268 e. The molecule has 4 rings (SSSR count). The van der Waals surface area contributed by atoms with Gasteiger partial charge in [0, 0.05) is 12.6 Å². The van der Waals surface area contributed by atoms with Gasteiger partial charge in [0.05, 0.1) is 17.0 Å². The number of aromatic amines is 1. The zero-order valence-corrected chi connectivity index (χ0v) is 19.3. The van der Waals surface area contributed by atoms with Crippen LogP contribution in [0.1, 0.15) is 37.6 Å². The Balaban J connectivity index is 1.60. The van der Waals surface area contributed by atoms with E-state index in [9.17, 15) is 18.0 Å². The SMILES string of the molecule is CCCC[C@@H](N=C1NS(=O)(=O)c2ccccc21)C(=O)N(C)Cc1nc2ccsc2c(=O)[nH]1. The Labute approximate surface area is 189 Å². The van der Waals surface area contributed by atoms with E-state index >= 15 is 0 Å². The molecule has 32 heavy (non-hydrogen) atoms. The van der Waals surface area contributed by atoms with Crippen molar-refractivity contribution in [3.05, 3.63) is 57.5 Å². The third-order valence-corrected chi connectivity index (χ3v) is 7.49. The predicted octanol–water partition coefficient (Wildman–Crippen LogP) is 2.24. The number of nitrogens with one attached hydrogen (secondary N) is 2. The number of nitrogens with zero attached hydrogens (tertiary/aromatic N) is 3. The van der Waals surface area contributed by atoms with Gasteiger partial charge in [-0.3, -0.25) is 19.3 Å². The summed E-state index contributed by atoms with van der Waals surface area (Å²) in [6.45, 7) is 2.12. The Morgan fingerprint density at radius 3 is 2.84 bits per heavy atom. The number of likely N-dealkylation sites (N-methyl/N-ethyl adjacent to an activating group) is 1. The molecule has 3 heterocycles. The van der Waals surface area contributed by atoms with Crippen LogP contribution in [0, 0.1) is 0 Å². The van der Waals surface area contributed by atoms with Gasteiger partial charge >= 0.3 is 0 Å². The fourth-order valence-electron chi connectivity index (χ4n) is 3.58. The number of sulfonamides is 1. The van der Waals surface area contributed by atoms with Crippen LogP contribution in [-0.2, 0) is 21.4 Å². The normalized spacial score (nSPS) is 16.6. The van der Waals surface area contributed by atoms with Gasteiger partial charge in [-0.05, 0) is 30.0 Å². The van der Waals surface area contributed by atoms with Gasteiger partial charge in [0.15, 0.2) is 0 Å². The van der Waals surface area contributed by atoms with Crippen molar-refractivity contribution in [1.82, 2.24) is 19.6 Å². The number of hydrogen-bond donors (Lipinski definition) is 2. The van der Waals surface area contributed by atoms with Crippen LogP contribution < -0.4 is 10.3 Å². The van der Waals surface area contributed by atoms with E-state index in [0.717, 1.165) is 12.8 Å². The highest BCUT2D eigenvalue weighted by atomic mass is 32.2. The number of benzene rings is 1.